The number of hydrogen-bond acceptors (Lipinski definition) is 5. The highest BCUT2D eigenvalue weighted by Gasteiger charge is 2.40. The van der Waals surface area contributed by atoms with Crippen LogP contribution >= 0.6 is 0 Å². The number of carbonyl (C=O) groups is 1. The molecule has 2 heterocycles. The monoisotopic (exact) mass is 278 g/mol. The molecule has 0 N–H and O–H groups in total. The molecule has 0 aliphatic carbocycles. The fourth-order valence-corrected chi connectivity index (χ4v) is 2.04. The first-order valence-electron chi connectivity index (χ1n) is 5.65. The maximum absolute atomic E-state index is 12.6. The van der Waals surface area contributed by atoms with E-state index in [1.807, 2.05) is 0 Å². The van der Waals surface area contributed by atoms with Gasteiger partial charge in [0.25, 0.3) is 0 Å². The Hall–Kier alpha value is -1.64. The molecular weight excluding hydrogens is 265 g/mol. The van der Waals surface area contributed by atoms with Gasteiger partial charge in [-0.2, -0.15) is 13.2 Å². The summed E-state index contributed by atoms with van der Waals surface area (Å²) in [6, 6.07) is -0.523. The normalized spacial score (nSPS) is 17.9. The molecule has 0 radical (unpaired) electrons. The highest BCUT2D eigenvalue weighted by Crippen LogP contribution is 2.29. The summed E-state index contributed by atoms with van der Waals surface area (Å²) in [5.74, 6) is -1.22. The lowest BCUT2D eigenvalue weighted by molar-refractivity contribution is -0.150. The lowest BCUT2D eigenvalue weighted by Crippen LogP contribution is -2.44. The molecule has 1 aromatic heterocycles. The molecule has 0 spiro atoms. The molecule has 1 aliphatic heterocycles. The van der Waals surface area contributed by atoms with Gasteiger partial charge >= 0.3 is 12.1 Å². The minimum atomic E-state index is -4.51. The Morgan fingerprint density at radius 1 is 1.37 bits per heavy atom. The van der Waals surface area contributed by atoms with Crippen LogP contribution in [0, 0.1) is 0 Å². The van der Waals surface area contributed by atoms with Gasteiger partial charge in [-0.3, -0.25) is 9.69 Å². The van der Waals surface area contributed by atoms with Crippen LogP contribution in [0.1, 0.15) is 18.6 Å². The molecule has 0 fully saturated rings. The van der Waals surface area contributed by atoms with Crippen LogP contribution in [0.25, 0.3) is 0 Å². The zero-order chi connectivity index (χ0) is 14.2. The predicted molar refractivity (Wildman–Crippen MR) is 56.9 cm³/mol. The van der Waals surface area contributed by atoms with Crippen LogP contribution in [0.5, 0.6) is 0 Å². The van der Waals surface area contributed by atoms with Crippen molar-refractivity contribution in [2.45, 2.75) is 32.2 Å². The third-order valence-corrected chi connectivity index (χ3v) is 3.13. The van der Waals surface area contributed by atoms with Crippen LogP contribution in [0.4, 0.5) is 13.2 Å². The van der Waals surface area contributed by atoms with Crippen molar-refractivity contribution in [2.75, 3.05) is 13.7 Å². The van der Waals surface area contributed by atoms with Crippen molar-refractivity contribution in [2.24, 2.45) is 0 Å². The molecule has 0 bridgehead atoms. The maximum Gasteiger partial charge on any atom is 0.451 e. The van der Waals surface area contributed by atoms with Gasteiger partial charge in [-0.05, 0) is 6.92 Å². The van der Waals surface area contributed by atoms with E-state index in [4.69, 9.17) is 0 Å². The zero-order valence-electron chi connectivity index (χ0n) is 10.4. The number of aromatic nitrogens is 3. The van der Waals surface area contributed by atoms with Crippen LogP contribution in [-0.2, 0) is 28.8 Å². The van der Waals surface area contributed by atoms with Gasteiger partial charge in [0.1, 0.15) is 11.9 Å². The zero-order valence-corrected chi connectivity index (χ0v) is 10.4. The number of halogens is 3. The molecule has 106 valence electrons. The molecule has 9 heteroatoms. The number of rotatable bonds is 2. The standard InChI is InChI=1S/C10H13F3N4O2/c1-6(8(18)19-2)16-3-4-17-7(5-16)14-15-9(17)10(11,12)13/h6H,3-5H2,1-2H3. The Bertz CT molecular complexity index is 486. The Morgan fingerprint density at radius 2 is 2.05 bits per heavy atom. The number of ether oxygens (including phenoxy) is 1. The molecule has 1 atom stereocenters. The van der Waals surface area contributed by atoms with Crippen molar-refractivity contribution in [3.63, 3.8) is 0 Å². The smallest absolute Gasteiger partial charge is 0.451 e. The Balaban J connectivity index is 2.18. The molecule has 1 aliphatic rings. The first-order chi connectivity index (χ1) is 8.84. The molecule has 0 aromatic carbocycles. The highest BCUT2D eigenvalue weighted by molar-refractivity contribution is 5.75. The third-order valence-electron chi connectivity index (χ3n) is 3.13. The van der Waals surface area contributed by atoms with E-state index in [9.17, 15) is 18.0 Å². The molecule has 19 heavy (non-hydrogen) atoms. The summed E-state index contributed by atoms with van der Waals surface area (Å²) in [5.41, 5.74) is 0. The second-order valence-corrected chi connectivity index (χ2v) is 4.26. The van der Waals surface area contributed by atoms with Crippen LogP contribution in [0.2, 0.25) is 0 Å². The van der Waals surface area contributed by atoms with Gasteiger partial charge in [0.05, 0.1) is 13.7 Å². The van der Waals surface area contributed by atoms with Gasteiger partial charge in [0.15, 0.2) is 0 Å². The molecule has 0 amide bonds. The fourth-order valence-electron chi connectivity index (χ4n) is 2.04. The number of esters is 1. The van der Waals surface area contributed by atoms with E-state index in [0.29, 0.717) is 6.54 Å². The number of alkyl halides is 3. The number of carbonyl (C=O) groups excluding carboxylic acids is 1. The van der Waals surface area contributed by atoms with E-state index in [1.54, 1.807) is 11.8 Å². The second kappa shape index (κ2) is 4.80. The van der Waals surface area contributed by atoms with Crippen molar-refractivity contribution in [3.05, 3.63) is 11.6 Å². The van der Waals surface area contributed by atoms with Crippen molar-refractivity contribution in [1.29, 1.82) is 0 Å². The number of hydrogen-bond donors (Lipinski definition) is 0. The van der Waals surface area contributed by atoms with E-state index in [2.05, 4.69) is 14.9 Å². The number of fused-ring (bicyclic) bond motifs is 1. The quantitative estimate of drug-likeness (QED) is 0.744. The molecule has 6 nitrogen and oxygen atoms in total. The van der Waals surface area contributed by atoms with Gasteiger partial charge in [-0.25, -0.2) is 0 Å². The van der Waals surface area contributed by atoms with Crippen LogP contribution in [-0.4, -0.2) is 45.3 Å². The van der Waals surface area contributed by atoms with E-state index >= 15 is 0 Å². The number of methoxy groups -OCH3 is 1. The average Bonchev–Trinajstić information content (AvgIpc) is 2.79. The fraction of sp³-hybridized carbons (Fsp3) is 0.700. The molecule has 2 rings (SSSR count). The lowest BCUT2D eigenvalue weighted by atomic mass is 10.2. The van der Waals surface area contributed by atoms with E-state index in [1.165, 1.54) is 7.11 Å². The second-order valence-electron chi connectivity index (χ2n) is 4.26. The van der Waals surface area contributed by atoms with Gasteiger partial charge in [0.2, 0.25) is 5.82 Å². The Labute approximate surface area is 107 Å². The van der Waals surface area contributed by atoms with Crippen molar-refractivity contribution < 1.29 is 22.7 Å². The summed E-state index contributed by atoms with van der Waals surface area (Å²) in [6.07, 6.45) is -4.51. The van der Waals surface area contributed by atoms with Gasteiger partial charge in [0, 0.05) is 13.1 Å². The van der Waals surface area contributed by atoms with E-state index in [-0.39, 0.29) is 18.9 Å². The molecular formula is C10H13F3N4O2. The summed E-state index contributed by atoms with van der Waals surface area (Å²) < 4.78 is 43.6. The molecule has 0 saturated carbocycles. The van der Waals surface area contributed by atoms with Crippen molar-refractivity contribution in [3.8, 4) is 0 Å². The first-order valence-corrected chi connectivity index (χ1v) is 5.65. The topological polar surface area (TPSA) is 60.2 Å². The summed E-state index contributed by atoms with van der Waals surface area (Å²) in [6.45, 7) is 2.19. The summed E-state index contributed by atoms with van der Waals surface area (Å²) in [5, 5.41) is 6.71. The minimum Gasteiger partial charge on any atom is -0.468 e. The molecule has 0 saturated heterocycles. The first kappa shape index (κ1) is 13.8. The van der Waals surface area contributed by atoms with Crippen LogP contribution < -0.4 is 0 Å². The lowest BCUT2D eigenvalue weighted by Gasteiger charge is -2.31. The Kier molecular flexibility index (Phi) is 3.48. The van der Waals surface area contributed by atoms with Crippen molar-refractivity contribution in [1.82, 2.24) is 19.7 Å². The summed E-state index contributed by atoms with van der Waals surface area (Å²) in [7, 11) is 1.27. The van der Waals surface area contributed by atoms with Crippen LogP contribution in [0.3, 0.4) is 0 Å². The summed E-state index contributed by atoms with van der Waals surface area (Å²) in [4.78, 5) is 13.1. The summed E-state index contributed by atoms with van der Waals surface area (Å²) >= 11 is 0. The molecule has 1 aromatic rings. The largest absolute Gasteiger partial charge is 0.468 e. The van der Waals surface area contributed by atoms with Gasteiger partial charge in [-0.15, -0.1) is 10.2 Å². The molecule has 1 unspecified atom stereocenters. The third kappa shape index (κ3) is 2.55. The average molecular weight is 278 g/mol. The van der Waals surface area contributed by atoms with Gasteiger partial charge in [-0.1, -0.05) is 0 Å². The van der Waals surface area contributed by atoms with Crippen molar-refractivity contribution >= 4 is 5.97 Å². The number of nitrogens with zero attached hydrogens (tertiary/aromatic N) is 4. The Morgan fingerprint density at radius 3 is 2.63 bits per heavy atom. The SMILES string of the molecule is COC(=O)C(C)N1CCn2c(nnc2C(F)(F)F)C1. The van der Waals surface area contributed by atoms with Crippen LogP contribution in [0.15, 0.2) is 0 Å². The highest BCUT2D eigenvalue weighted by atomic mass is 19.4. The maximum atomic E-state index is 12.6. The van der Waals surface area contributed by atoms with E-state index in [0.717, 1.165) is 4.57 Å². The van der Waals surface area contributed by atoms with Gasteiger partial charge < -0.3 is 9.30 Å². The minimum absolute atomic E-state index is 0.0957. The predicted octanol–water partition coefficient (Wildman–Crippen LogP) is 0.674. The van der Waals surface area contributed by atoms with E-state index < -0.39 is 24.0 Å².